The van der Waals surface area contributed by atoms with Crippen molar-refractivity contribution in [3.63, 3.8) is 0 Å². The fraction of sp³-hybridized carbons (Fsp3) is 0.562. The van der Waals surface area contributed by atoms with Crippen LogP contribution in [0.5, 0.6) is 0 Å². The number of anilines is 1. The van der Waals surface area contributed by atoms with Gasteiger partial charge in [-0.05, 0) is 67.0 Å². The molecule has 0 radical (unpaired) electrons. The van der Waals surface area contributed by atoms with Gasteiger partial charge in [0.05, 0.1) is 0 Å². The molecule has 2 aliphatic carbocycles. The number of rotatable bonds is 3. The molecule has 1 aromatic carbocycles. The summed E-state index contributed by atoms with van der Waals surface area (Å²) in [6.45, 7) is 2.12. The highest BCUT2D eigenvalue weighted by atomic mass is 32.2. The van der Waals surface area contributed by atoms with Crippen molar-refractivity contribution in [1.29, 1.82) is 0 Å². The Morgan fingerprint density at radius 3 is 2.64 bits per heavy atom. The summed E-state index contributed by atoms with van der Waals surface area (Å²) in [6.07, 6.45) is 3.41. The van der Waals surface area contributed by atoms with Crippen LogP contribution in [-0.4, -0.2) is 11.4 Å². The highest BCUT2D eigenvalue weighted by Crippen LogP contribution is 2.52. The first-order valence-electron chi connectivity index (χ1n) is 7.50. The summed E-state index contributed by atoms with van der Waals surface area (Å²) in [4.78, 5) is 12.6. The molecule has 2 bridgehead atoms. The lowest BCUT2D eigenvalue weighted by atomic mass is 9.80. The van der Waals surface area contributed by atoms with E-state index in [0.717, 1.165) is 12.8 Å². The van der Waals surface area contributed by atoms with Crippen molar-refractivity contribution in [3.8, 4) is 0 Å². The topological polar surface area (TPSA) is 29.1 Å². The standard InChI is InChI=1S/C16H18F3NOS/c1-9-10-5-6-11(7-10)14(9)15(21)20-12-3-2-4-13(8-12)22-16(17,18)19/h2-4,8-11,14H,5-7H2,1H3,(H,20,21)/t9-,10+,11-,14?/m1/s1. The summed E-state index contributed by atoms with van der Waals surface area (Å²) < 4.78 is 37.2. The van der Waals surface area contributed by atoms with E-state index in [4.69, 9.17) is 0 Å². The Morgan fingerprint density at radius 2 is 2.00 bits per heavy atom. The molecular formula is C16H18F3NOS. The maximum atomic E-state index is 12.5. The van der Waals surface area contributed by atoms with E-state index in [0.29, 0.717) is 23.4 Å². The SMILES string of the molecule is C[C@H]1C(C(=O)Nc2cccc(SC(F)(F)F)c2)[C@@H]2CC[C@H]1C2. The summed E-state index contributed by atoms with van der Waals surface area (Å²) in [5, 5.41) is 2.81. The number of carbonyl (C=O) groups is 1. The minimum atomic E-state index is -4.32. The quantitative estimate of drug-likeness (QED) is 0.798. The van der Waals surface area contributed by atoms with Gasteiger partial charge in [-0.25, -0.2) is 0 Å². The lowest BCUT2D eigenvalue weighted by molar-refractivity contribution is -0.122. The molecule has 4 atom stereocenters. The van der Waals surface area contributed by atoms with E-state index in [-0.39, 0.29) is 28.5 Å². The molecule has 6 heteroatoms. The van der Waals surface area contributed by atoms with Crippen LogP contribution in [0.4, 0.5) is 18.9 Å². The van der Waals surface area contributed by atoms with Crippen molar-refractivity contribution >= 4 is 23.4 Å². The third kappa shape index (κ3) is 3.26. The zero-order valence-corrected chi connectivity index (χ0v) is 13.0. The Morgan fingerprint density at radius 1 is 1.27 bits per heavy atom. The number of nitrogens with one attached hydrogen (secondary N) is 1. The normalized spacial score (nSPS) is 30.5. The molecule has 1 aromatic rings. The van der Waals surface area contributed by atoms with Gasteiger partial charge in [-0.1, -0.05) is 13.0 Å². The summed E-state index contributed by atoms with van der Waals surface area (Å²) in [5.41, 5.74) is -3.88. The molecular weight excluding hydrogens is 311 g/mol. The molecule has 3 rings (SSSR count). The first kappa shape index (κ1) is 15.7. The van der Waals surface area contributed by atoms with Gasteiger partial charge >= 0.3 is 5.51 Å². The number of thioether (sulfide) groups is 1. The van der Waals surface area contributed by atoms with Gasteiger partial charge in [-0.3, -0.25) is 4.79 Å². The van der Waals surface area contributed by atoms with Gasteiger partial charge in [0.25, 0.3) is 0 Å². The lowest BCUT2D eigenvalue weighted by Gasteiger charge is -2.27. The predicted molar refractivity (Wildman–Crippen MR) is 80.5 cm³/mol. The lowest BCUT2D eigenvalue weighted by Crippen LogP contribution is -2.32. The number of amides is 1. The van der Waals surface area contributed by atoms with Gasteiger partial charge in [0.1, 0.15) is 0 Å². The van der Waals surface area contributed by atoms with E-state index >= 15 is 0 Å². The van der Waals surface area contributed by atoms with Crippen LogP contribution >= 0.6 is 11.8 Å². The van der Waals surface area contributed by atoms with Crippen LogP contribution in [0.1, 0.15) is 26.2 Å². The van der Waals surface area contributed by atoms with Gasteiger partial charge in [-0.15, -0.1) is 0 Å². The predicted octanol–water partition coefficient (Wildman–Crippen LogP) is 4.92. The number of benzene rings is 1. The smallest absolute Gasteiger partial charge is 0.326 e. The van der Waals surface area contributed by atoms with Crippen molar-refractivity contribution in [1.82, 2.24) is 0 Å². The summed E-state index contributed by atoms with van der Waals surface area (Å²) in [6, 6.07) is 5.95. The van der Waals surface area contributed by atoms with Crippen molar-refractivity contribution in [3.05, 3.63) is 24.3 Å². The maximum absolute atomic E-state index is 12.5. The van der Waals surface area contributed by atoms with Crippen LogP contribution in [0.15, 0.2) is 29.2 Å². The Bertz CT molecular complexity index is 573. The number of carbonyl (C=O) groups excluding carboxylic acids is 1. The molecule has 0 aromatic heterocycles. The van der Waals surface area contributed by atoms with E-state index in [1.165, 1.54) is 24.6 Å². The molecule has 2 saturated carbocycles. The van der Waals surface area contributed by atoms with E-state index in [1.54, 1.807) is 6.07 Å². The first-order valence-corrected chi connectivity index (χ1v) is 8.32. The largest absolute Gasteiger partial charge is 0.446 e. The number of fused-ring (bicyclic) bond motifs is 2. The van der Waals surface area contributed by atoms with Gasteiger partial charge in [0.2, 0.25) is 5.91 Å². The van der Waals surface area contributed by atoms with Crippen LogP contribution < -0.4 is 5.32 Å². The number of hydrogen-bond acceptors (Lipinski definition) is 2. The highest BCUT2D eigenvalue weighted by Gasteiger charge is 2.48. The molecule has 0 saturated heterocycles. The van der Waals surface area contributed by atoms with Crippen molar-refractivity contribution in [2.24, 2.45) is 23.7 Å². The van der Waals surface area contributed by atoms with Crippen molar-refractivity contribution in [2.45, 2.75) is 36.6 Å². The number of alkyl halides is 3. The number of halogens is 3. The second-order valence-electron chi connectivity index (χ2n) is 6.28. The molecule has 2 nitrogen and oxygen atoms in total. The Hall–Kier alpha value is -1.17. The van der Waals surface area contributed by atoms with E-state index in [2.05, 4.69) is 12.2 Å². The fourth-order valence-corrected chi connectivity index (χ4v) is 4.63. The summed E-state index contributed by atoms with van der Waals surface area (Å²) >= 11 is -0.164. The molecule has 1 unspecified atom stereocenters. The third-order valence-corrected chi connectivity index (χ3v) is 5.69. The first-order chi connectivity index (χ1) is 10.3. The maximum Gasteiger partial charge on any atom is 0.446 e. The Kier molecular flexibility index (Phi) is 4.14. The van der Waals surface area contributed by atoms with E-state index in [9.17, 15) is 18.0 Å². The molecule has 1 amide bonds. The monoisotopic (exact) mass is 329 g/mol. The molecule has 2 fully saturated rings. The summed E-state index contributed by atoms with van der Waals surface area (Å²) in [5.74, 6) is 1.39. The Labute approximate surface area is 131 Å². The van der Waals surface area contributed by atoms with Gasteiger partial charge < -0.3 is 5.32 Å². The van der Waals surface area contributed by atoms with E-state index in [1.807, 2.05) is 0 Å². The van der Waals surface area contributed by atoms with Crippen LogP contribution in [-0.2, 0) is 4.79 Å². The minimum absolute atomic E-state index is 0.00215. The molecule has 0 heterocycles. The zero-order chi connectivity index (χ0) is 15.9. The van der Waals surface area contributed by atoms with Crippen LogP contribution in [0, 0.1) is 23.7 Å². The minimum Gasteiger partial charge on any atom is -0.326 e. The van der Waals surface area contributed by atoms with Crippen molar-refractivity contribution in [2.75, 3.05) is 5.32 Å². The molecule has 120 valence electrons. The van der Waals surface area contributed by atoms with Crippen LogP contribution in [0.3, 0.4) is 0 Å². The Balaban J connectivity index is 1.68. The van der Waals surface area contributed by atoms with E-state index < -0.39 is 5.51 Å². The zero-order valence-electron chi connectivity index (χ0n) is 12.2. The second kappa shape index (κ2) is 5.80. The fourth-order valence-electron chi connectivity index (χ4n) is 4.03. The average Bonchev–Trinajstić information content (AvgIpc) is 2.97. The second-order valence-corrected chi connectivity index (χ2v) is 7.42. The summed E-state index contributed by atoms with van der Waals surface area (Å²) in [7, 11) is 0. The van der Waals surface area contributed by atoms with Crippen LogP contribution in [0.25, 0.3) is 0 Å². The molecule has 2 aliphatic rings. The molecule has 22 heavy (non-hydrogen) atoms. The highest BCUT2D eigenvalue weighted by molar-refractivity contribution is 8.00. The van der Waals surface area contributed by atoms with Crippen LogP contribution in [0.2, 0.25) is 0 Å². The van der Waals surface area contributed by atoms with Crippen molar-refractivity contribution < 1.29 is 18.0 Å². The average molecular weight is 329 g/mol. The van der Waals surface area contributed by atoms with Gasteiger partial charge in [0, 0.05) is 16.5 Å². The molecule has 0 spiro atoms. The number of hydrogen-bond donors (Lipinski definition) is 1. The third-order valence-electron chi connectivity index (χ3n) is 4.97. The molecule has 0 aliphatic heterocycles. The van der Waals surface area contributed by atoms with Gasteiger partial charge in [0.15, 0.2) is 0 Å². The molecule has 1 N–H and O–H groups in total. The van der Waals surface area contributed by atoms with Gasteiger partial charge in [-0.2, -0.15) is 13.2 Å².